The van der Waals surface area contributed by atoms with Gasteiger partial charge in [0.25, 0.3) is 0 Å². The van der Waals surface area contributed by atoms with Crippen molar-refractivity contribution in [2.75, 3.05) is 5.73 Å². The first-order valence-electron chi connectivity index (χ1n) is 5.66. The highest BCUT2D eigenvalue weighted by atomic mass is 32.2. The molecule has 0 saturated heterocycles. The van der Waals surface area contributed by atoms with E-state index in [2.05, 4.69) is 0 Å². The molecule has 0 saturated carbocycles. The van der Waals surface area contributed by atoms with Crippen molar-refractivity contribution in [3.8, 4) is 0 Å². The summed E-state index contributed by atoms with van der Waals surface area (Å²) in [6.07, 6.45) is 0. The molecule has 0 amide bonds. The van der Waals surface area contributed by atoms with Crippen LogP contribution in [0.1, 0.15) is 15.9 Å². The smallest absolute Gasteiger partial charge is 0.335 e. The quantitative estimate of drug-likeness (QED) is 0.669. The normalized spacial score (nSPS) is 10.5. The van der Waals surface area contributed by atoms with Gasteiger partial charge in [-0.25, -0.2) is 13.6 Å². The molecule has 0 spiro atoms. The van der Waals surface area contributed by atoms with Crippen LogP contribution in [-0.4, -0.2) is 11.1 Å². The molecule has 104 valence electrons. The number of hydrogen-bond donors (Lipinski definition) is 2. The van der Waals surface area contributed by atoms with E-state index in [1.807, 2.05) is 0 Å². The van der Waals surface area contributed by atoms with Gasteiger partial charge < -0.3 is 10.8 Å². The van der Waals surface area contributed by atoms with Gasteiger partial charge in [0.1, 0.15) is 11.6 Å². The van der Waals surface area contributed by atoms with Crippen LogP contribution in [0.2, 0.25) is 0 Å². The zero-order chi connectivity index (χ0) is 14.7. The molecule has 0 atom stereocenters. The lowest BCUT2D eigenvalue weighted by Gasteiger charge is -2.06. The van der Waals surface area contributed by atoms with E-state index in [0.29, 0.717) is 4.90 Å². The van der Waals surface area contributed by atoms with E-state index in [1.165, 1.54) is 36.0 Å². The molecule has 3 N–H and O–H groups in total. The minimum absolute atomic E-state index is 0.0146. The number of aromatic carboxylic acids is 1. The number of hydrogen-bond acceptors (Lipinski definition) is 3. The number of nitrogen functional groups attached to an aromatic ring is 1. The number of nitrogens with two attached hydrogens (primary N) is 1. The number of carboxylic acid groups (broad SMARTS) is 1. The fourth-order valence-electron chi connectivity index (χ4n) is 1.65. The Morgan fingerprint density at radius 3 is 2.60 bits per heavy atom. The van der Waals surface area contributed by atoms with E-state index in [-0.39, 0.29) is 22.6 Å². The van der Waals surface area contributed by atoms with E-state index in [4.69, 9.17) is 10.8 Å². The lowest BCUT2D eigenvalue weighted by Crippen LogP contribution is -1.99. The Morgan fingerprint density at radius 2 is 1.95 bits per heavy atom. The molecule has 0 radical (unpaired) electrons. The Balaban J connectivity index is 2.18. The number of halogens is 2. The van der Waals surface area contributed by atoms with Crippen molar-refractivity contribution in [1.29, 1.82) is 0 Å². The molecule has 0 bridgehead atoms. The summed E-state index contributed by atoms with van der Waals surface area (Å²) in [5.41, 5.74) is 6.06. The van der Waals surface area contributed by atoms with Gasteiger partial charge in [0.15, 0.2) is 0 Å². The molecule has 3 nitrogen and oxygen atoms in total. The van der Waals surface area contributed by atoms with Gasteiger partial charge in [0.05, 0.1) is 5.56 Å². The SMILES string of the molecule is Nc1cc(F)cc(SCc2cc(C(=O)O)ccc2F)c1. The maximum Gasteiger partial charge on any atom is 0.335 e. The van der Waals surface area contributed by atoms with Crippen LogP contribution in [0.15, 0.2) is 41.3 Å². The molecule has 20 heavy (non-hydrogen) atoms. The lowest BCUT2D eigenvalue weighted by molar-refractivity contribution is 0.0696. The summed E-state index contributed by atoms with van der Waals surface area (Å²) >= 11 is 1.18. The molecule has 0 aliphatic carbocycles. The van der Waals surface area contributed by atoms with E-state index >= 15 is 0 Å². The maximum atomic E-state index is 13.6. The van der Waals surface area contributed by atoms with Crippen molar-refractivity contribution >= 4 is 23.4 Å². The predicted octanol–water partition coefficient (Wildman–Crippen LogP) is 3.54. The molecule has 0 aliphatic rings. The Labute approximate surface area is 118 Å². The number of benzene rings is 2. The molecule has 0 aliphatic heterocycles. The van der Waals surface area contributed by atoms with Crippen LogP contribution in [0.5, 0.6) is 0 Å². The van der Waals surface area contributed by atoms with Crippen molar-refractivity contribution in [3.05, 3.63) is 59.2 Å². The van der Waals surface area contributed by atoms with Crippen LogP contribution in [0.3, 0.4) is 0 Å². The van der Waals surface area contributed by atoms with Crippen LogP contribution < -0.4 is 5.73 Å². The fourth-order valence-corrected chi connectivity index (χ4v) is 2.61. The molecule has 0 heterocycles. The van der Waals surface area contributed by atoms with E-state index in [1.54, 1.807) is 6.07 Å². The number of rotatable bonds is 4. The van der Waals surface area contributed by atoms with Gasteiger partial charge in [-0.1, -0.05) is 0 Å². The third kappa shape index (κ3) is 3.48. The molecule has 0 aromatic heterocycles. The fraction of sp³-hybridized carbons (Fsp3) is 0.0714. The first-order valence-corrected chi connectivity index (χ1v) is 6.65. The zero-order valence-corrected chi connectivity index (χ0v) is 11.1. The Hall–Kier alpha value is -2.08. The molecular weight excluding hydrogens is 284 g/mol. The van der Waals surface area contributed by atoms with Crippen molar-refractivity contribution in [2.24, 2.45) is 0 Å². The van der Waals surface area contributed by atoms with Crippen LogP contribution in [0.25, 0.3) is 0 Å². The van der Waals surface area contributed by atoms with Crippen LogP contribution in [-0.2, 0) is 5.75 Å². The largest absolute Gasteiger partial charge is 0.478 e. The molecule has 2 aromatic rings. The third-order valence-electron chi connectivity index (χ3n) is 2.58. The average molecular weight is 295 g/mol. The Bertz CT molecular complexity index is 641. The van der Waals surface area contributed by atoms with Crippen LogP contribution in [0, 0.1) is 11.6 Å². The van der Waals surface area contributed by atoms with Gasteiger partial charge in [-0.3, -0.25) is 0 Å². The first-order chi connectivity index (χ1) is 9.45. The first kappa shape index (κ1) is 14.3. The minimum atomic E-state index is -1.12. The van der Waals surface area contributed by atoms with Gasteiger partial charge in [0.2, 0.25) is 0 Å². The van der Waals surface area contributed by atoms with E-state index in [0.717, 1.165) is 6.07 Å². The van der Waals surface area contributed by atoms with Crippen LogP contribution >= 0.6 is 11.8 Å². The molecule has 2 rings (SSSR count). The lowest BCUT2D eigenvalue weighted by atomic mass is 10.1. The van der Waals surface area contributed by atoms with Crippen LogP contribution in [0.4, 0.5) is 14.5 Å². The maximum absolute atomic E-state index is 13.6. The summed E-state index contributed by atoms with van der Waals surface area (Å²) < 4.78 is 26.7. The second-order valence-electron chi connectivity index (χ2n) is 4.12. The number of carboxylic acids is 1. The van der Waals surface area contributed by atoms with Crippen molar-refractivity contribution in [2.45, 2.75) is 10.6 Å². The highest BCUT2D eigenvalue weighted by Gasteiger charge is 2.09. The standard InChI is InChI=1S/C14H11F2NO2S/c15-10-4-11(17)6-12(5-10)20-7-9-3-8(14(18)19)1-2-13(9)16/h1-6H,7,17H2,(H,18,19). The van der Waals surface area contributed by atoms with Gasteiger partial charge in [-0.05, 0) is 42.0 Å². The van der Waals surface area contributed by atoms with Gasteiger partial charge in [-0.2, -0.15) is 0 Å². The van der Waals surface area contributed by atoms with Gasteiger partial charge >= 0.3 is 5.97 Å². The van der Waals surface area contributed by atoms with E-state index < -0.39 is 17.6 Å². The number of carbonyl (C=O) groups is 1. The third-order valence-corrected chi connectivity index (χ3v) is 3.61. The van der Waals surface area contributed by atoms with Crippen molar-refractivity contribution in [3.63, 3.8) is 0 Å². The zero-order valence-electron chi connectivity index (χ0n) is 10.3. The number of anilines is 1. The second kappa shape index (κ2) is 5.92. The summed E-state index contributed by atoms with van der Waals surface area (Å²) in [4.78, 5) is 11.4. The molecule has 6 heteroatoms. The predicted molar refractivity (Wildman–Crippen MR) is 73.7 cm³/mol. The average Bonchev–Trinajstić information content (AvgIpc) is 2.36. The summed E-state index contributed by atoms with van der Waals surface area (Å²) in [6.45, 7) is 0. The molecule has 0 fully saturated rings. The molecule has 0 unspecified atom stereocenters. The monoisotopic (exact) mass is 295 g/mol. The Kier molecular flexibility index (Phi) is 4.24. The highest BCUT2D eigenvalue weighted by Crippen LogP contribution is 2.27. The second-order valence-corrected chi connectivity index (χ2v) is 5.17. The minimum Gasteiger partial charge on any atom is -0.478 e. The summed E-state index contributed by atoms with van der Waals surface area (Å²) in [5, 5.41) is 8.86. The van der Waals surface area contributed by atoms with Gasteiger partial charge in [-0.15, -0.1) is 11.8 Å². The summed E-state index contributed by atoms with van der Waals surface area (Å²) in [7, 11) is 0. The number of thioether (sulfide) groups is 1. The van der Waals surface area contributed by atoms with E-state index in [9.17, 15) is 13.6 Å². The topological polar surface area (TPSA) is 63.3 Å². The van der Waals surface area contributed by atoms with Gasteiger partial charge in [0, 0.05) is 16.3 Å². The highest BCUT2D eigenvalue weighted by molar-refractivity contribution is 7.98. The molecule has 2 aromatic carbocycles. The summed E-state index contributed by atoms with van der Waals surface area (Å²) in [6, 6.07) is 7.64. The van der Waals surface area contributed by atoms with Crippen molar-refractivity contribution < 1.29 is 18.7 Å². The Morgan fingerprint density at radius 1 is 1.20 bits per heavy atom. The van der Waals surface area contributed by atoms with Crippen molar-refractivity contribution in [1.82, 2.24) is 0 Å². The summed E-state index contributed by atoms with van der Waals surface area (Å²) in [5.74, 6) is -1.89. The molecular formula is C14H11F2NO2S.